The molecular formula is C15H18AsN. The predicted octanol–water partition coefficient (Wildman–Crippen LogP) is 2.21. The molecule has 0 aliphatic carbocycles. The molecule has 0 spiro atoms. The first kappa shape index (κ1) is 12.3. The summed E-state index contributed by atoms with van der Waals surface area (Å²) in [4.78, 5) is 0. The van der Waals surface area contributed by atoms with Gasteiger partial charge in [0.05, 0.1) is 0 Å². The monoisotopic (exact) mass is 287 g/mol. The number of benzene rings is 2. The summed E-state index contributed by atoms with van der Waals surface area (Å²) < 4.78 is 3.00. The fraction of sp³-hybridized carbons (Fsp3) is 0.200. The molecule has 17 heavy (non-hydrogen) atoms. The predicted molar refractivity (Wildman–Crippen MR) is 77.5 cm³/mol. The Kier molecular flexibility index (Phi) is 3.91. The van der Waals surface area contributed by atoms with Gasteiger partial charge in [-0.25, -0.2) is 0 Å². The zero-order chi connectivity index (χ0) is 12.3. The summed E-state index contributed by atoms with van der Waals surface area (Å²) in [6.07, 6.45) is 0. The number of hydrogen-bond donors (Lipinski definition) is 1. The van der Waals surface area contributed by atoms with E-state index in [1.54, 1.807) is 4.35 Å². The molecular weight excluding hydrogens is 269 g/mol. The van der Waals surface area contributed by atoms with E-state index in [0.717, 1.165) is 5.69 Å². The molecule has 0 radical (unpaired) electrons. The van der Waals surface area contributed by atoms with E-state index in [2.05, 4.69) is 56.3 Å². The zero-order valence-electron chi connectivity index (χ0n) is 10.4. The van der Waals surface area contributed by atoms with Gasteiger partial charge in [0.15, 0.2) is 0 Å². The molecule has 0 aromatic heterocycles. The summed E-state index contributed by atoms with van der Waals surface area (Å²) >= 11 is -1.15. The van der Waals surface area contributed by atoms with Crippen LogP contribution in [0.5, 0.6) is 0 Å². The van der Waals surface area contributed by atoms with Gasteiger partial charge in [-0.15, -0.1) is 0 Å². The molecule has 0 aliphatic rings. The van der Waals surface area contributed by atoms with Crippen LogP contribution >= 0.6 is 0 Å². The second kappa shape index (κ2) is 5.42. The SMILES string of the molecule is CC[As](c1cccc(N)c1)c1ccccc1C. The molecule has 1 nitrogen and oxygen atoms in total. The minimum absolute atomic E-state index is 0.879. The third-order valence-corrected chi connectivity index (χ3v) is 8.40. The second-order valence-corrected chi connectivity index (χ2v) is 9.34. The zero-order valence-corrected chi connectivity index (χ0v) is 12.2. The Morgan fingerprint density at radius 2 is 1.82 bits per heavy atom. The van der Waals surface area contributed by atoms with Crippen LogP contribution < -0.4 is 14.4 Å². The quantitative estimate of drug-likeness (QED) is 0.680. The fourth-order valence-electron chi connectivity index (χ4n) is 2.05. The molecule has 0 saturated heterocycles. The van der Waals surface area contributed by atoms with Crippen LogP contribution in [0, 0.1) is 6.92 Å². The molecule has 0 heterocycles. The Hall–Kier alpha value is -1.20. The first-order valence-electron chi connectivity index (χ1n) is 5.91. The molecule has 0 amide bonds. The van der Waals surface area contributed by atoms with Crippen molar-refractivity contribution in [2.24, 2.45) is 0 Å². The van der Waals surface area contributed by atoms with E-state index in [1.165, 1.54) is 15.1 Å². The van der Waals surface area contributed by atoms with Crippen molar-refractivity contribution in [3.63, 3.8) is 0 Å². The van der Waals surface area contributed by atoms with Gasteiger partial charge in [0.25, 0.3) is 0 Å². The van der Waals surface area contributed by atoms with Gasteiger partial charge in [0, 0.05) is 0 Å². The van der Waals surface area contributed by atoms with Gasteiger partial charge in [0.1, 0.15) is 0 Å². The van der Waals surface area contributed by atoms with Gasteiger partial charge in [-0.2, -0.15) is 0 Å². The van der Waals surface area contributed by atoms with E-state index >= 15 is 0 Å². The Balaban J connectivity index is 2.44. The third-order valence-electron chi connectivity index (χ3n) is 2.90. The Labute approximate surface area is 108 Å². The maximum absolute atomic E-state index is 5.89. The van der Waals surface area contributed by atoms with Crippen LogP contribution in [0.3, 0.4) is 0 Å². The number of nitrogen functional groups attached to an aromatic ring is 1. The van der Waals surface area contributed by atoms with Crippen molar-refractivity contribution in [1.82, 2.24) is 0 Å². The van der Waals surface area contributed by atoms with Gasteiger partial charge >= 0.3 is 108 Å². The van der Waals surface area contributed by atoms with Gasteiger partial charge in [-0.1, -0.05) is 0 Å². The van der Waals surface area contributed by atoms with E-state index in [4.69, 9.17) is 5.73 Å². The number of anilines is 1. The van der Waals surface area contributed by atoms with Crippen LogP contribution in [0.15, 0.2) is 48.5 Å². The van der Waals surface area contributed by atoms with Crippen molar-refractivity contribution < 1.29 is 0 Å². The van der Waals surface area contributed by atoms with E-state index in [1.807, 2.05) is 6.07 Å². The van der Waals surface area contributed by atoms with Crippen molar-refractivity contribution >= 4 is 29.0 Å². The molecule has 2 heteroatoms. The number of aryl methyl sites for hydroxylation is 1. The van der Waals surface area contributed by atoms with Crippen molar-refractivity contribution in [2.45, 2.75) is 19.1 Å². The van der Waals surface area contributed by atoms with Gasteiger partial charge in [0.2, 0.25) is 0 Å². The van der Waals surface area contributed by atoms with Crippen molar-refractivity contribution in [1.29, 1.82) is 0 Å². The molecule has 1 atom stereocenters. The van der Waals surface area contributed by atoms with E-state index in [9.17, 15) is 0 Å². The third kappa shape index (κ3) is 2.73. The molecule has 0 aliphatic heterocycles. The molecule has 2 aromatic carbocycles. The number of nitrogens with two attached hydrogens (primary N) is 1. The summed E-state index contributed by atoms with van der Waals surface area (Å²) in [5, 5.41) is 1.24. The molecule has 0 fully saturated rings. The van der Waals surface area contributed by atoms with Crippen LogP contribution in [-0.4, -0.2) is 14.7 Å². The van der Waals surface area contributed by atoms with Crippen LogP contribution in [0.4, 0.5) is 5.69 Å². The number of rotatable bonds is 3. The molecule has 0 bridgehead atoms. The molecule has 2 aromatic rings. The summed E-state index contributed by atoms with van der Waals surface area (Å²) in [7, 11) is 0. The van der Waals surface area contributed by atoms with Gasteiger partial charge < -0.3 is 0 Å². The normalized spacial score (nSPS) is 12.4. The van der Waals surface area contributed by atoms with E-state index in [0.29, 0.717) is 0 Å². The first-order chi connectivity index (χ1) is 8.22. The Morgan fingerprint density at radius 3 is 2.47 bits per heavy atom. The molecule has 2 rings (SSSR count). The van der Waals surface area contributed by atoms with Crippen LogP contribution in [0.1, 0.15) is 12.5 Å². The summed E-state index contributed by atoms with van der Waals surface area (Å²) in [6, 6.07) is 17.2. The fourth-order valence-corrected chi connectivity index (χ4v) is 6.92. The average molecular weight is 287 g/mol. The maximum atomic E-state index is 5.89. The second-order valence-electron chi connectivity index (χ2n) is 4.13. The summed E-state index contributed by atoms with van der Waals surface area (Å²) in [5.74, 6) is 0. The van der Waals surface area contributed by atoms with Gasteiger partial charge in [-0.3, -0.25) is 0 Å². The summed E-state index contributed by atoms with van der Waals surface area (Å²) in [6.45, 7) is 4.49. The average Bonchev–Trinajstić information content (AvgIpc) is 2.33. The van der Waals surface area contributed by atoms with Crippen molar-refractivity contribution in [3.05, 3.63) is 54.1 Å². The number of hydrogen-bond acceptors (Lipinski definition) is 1. The van der Waals surface area contributed by atoms with Crippen LogP contribution in [0.2, 0.25) is 5.21 Å². The molecule has 0 saturated carbocycles. The molecule has 2 N–H and O–H groups in total. The van der Waals surface area contributed by atoms with E-state index < -0.39 is 14.7 Å². The molecule has 1 unspecified atom stereocenters. The van der Waals surface area contributed by atoms with Gasteiger partial charge in [-0.05, 0) is 0 Å². The molecule has 88 valence electrons. The minimum atomic E-state index is -1.15. The standard InChI is InChI=1S/C15H18AsN/c1-3-16(13-8-6-9-14(17)11-13)15-10-5-4-7-12(15)2/h4-11H,3,17H2,1-2H3. The van der Waals surface area contributed by atoms with E-state index in [-0.39, 0.29) is 0 Å². The van der Waals surface area contributed by atoms with Crippen LogP contribution in [-0.2, 0) is 0 Å². The summed E-state index contributed by atoms with van der Waals surface area (Å²) in [5.41, 5.74) is 8.18. The van der Waals surface area contributed by atoms with Crippen molar-refractivity contribution in [3.8, 4) is 0 Å². The van der Waals surface area contributed by atoms with Crippen LogP contribution in [0.25, 0.3) is 0 Å². The topological polar surface area (TPSA) is 26.0 Å². The Morgan fingerprint density at radius 1 is 1.06 bits per heavy atom. The first-order valence-corrected chi connectivity index (χ1v) is 9.11. The Bertz CT molecular complexity index is 508. The van der Waals surface area contributed by atoms with Crippen molar-refractivity contribution in [2.75, 3.05) is 5.73 Å².